The molecule has 2 aliphatic rings. The summed E-state index contributed by atoms with van der Waals surface area (Å²) < 4.78 is 4.82. The van der Waals surface area contributed by atoms with Crippen molar-refractivity contribution in [1.29, 1.82) is 0 Å². The van der Waals surface area contributed by atoms with Crippen molar-refractivity contribution in [1.82, 2.24) is 10.2 Å². The molecule has 0 spiro atoms. The predicted octanol–water partition coefficient (Wildman–Crippen LogP) is -0.226. The van der Waals surface area contributed by atoms with E-state index in [2.05, 4.69) is 5.32 Å². The molecule has 7 heteroatoms. The van der Waals surface area contributed by atoms with Crippen molar-refractivity contribution in [3.8, 4) is 0 Å². The molecule has 0 aliphatic carbocycles. The third-order valence-electron chi connectivity index (χ3n) is 5.11. The Morgan fingerprint density at radius 1 is 1.29 bits per heavy atom. The Morgan fingerprint density at radius 3 is 2.46 bits per heavy atom. The summed E-state index contributed by atoms with van der Waals surface area (Å²) in [4.78, 5) is 38.6. The number of aliphatic hydroxyl groups is 1. The van der Waals surface area contributed by atoms with Crippen LogP contribution in [-0.2, 0) is 19.1 Å². The number of ether oxygens (including phenoxy) is 1. The van der Waals surface area contributed by atoms with Gasteiger partial charge in [0.05, 0.1) is 25.6 Å². The van der Waals surface area contributed by atoms with Crippen LogP contribution in [0.1, 0.15) is 17.2 Å². The van der Waals surface area contributed by atoms with E-state index in [1.165, 1.54) is 14.2 Å². The molecule has 0 aromatic heterocycles. The number of nitrogens with one attached hydrogen (secondary N) is 1. The zero-order valence-electron chi connectivity index (χ0n) is 13.8. The second kappa shape index (κ2) is 5.68. The largest absolute Gasteiger partial charge is 0.468 e. The van der Waals surface area contributed by atoms with Gasteiger partial charge in [-0.25, -0.2) is 4.79 Å². The minimum absolute atomic E-state index is 0.359. The highest BCUT2D eigenvalue weighted by Crippen LogP contribution is 2.48. The molecule has 128 valence electrons. The first-order chi connectivity index (χ1) is 11.4. The van der Waals surface area contributed by atoms with Gasteiger partial charge >= 0.3 is 5.97 Å². The lowest BCUT2D eigenvalue weighted by Crippen LogP contribution is -2.58. The van der Waals surface area contributed by atoms with E-state index in [-0.39, 0.29) is 5.91 Å². The number of esters is 1. The maximum absolute atomic E-state index is 12.6. The van der Waals surface area contributed by atoms with Crippen molar-refractivity contribution in [2.45, 2.75) is 18.5 Å². The Bertz CT molecular complexity index is 701. The fraction of sp³-hybridized carbons (Fsp3) is 0.471. The van der Waals surface area contributed by atoms with Crippen LogP contribution >= 0.6 is 0 Å². The lowest BCUT2D eigenvalue weighted by Gasteiger charge is -2.29. The van der Waals surface area contributed by atoms with Gasteiger partial charge in [-0.3, -0.25) is 19.8 Å². The predicted molar refractivity (Wildman–Crippen MR) is 83.6 cm³/mol. The minimum Gasteiger partial charge on any atom is -0.468 e. The topological polar surface area (TPSA) is 95.9 Å². The van der Waals surface area contributed by atoms with Gasteiger partial charge in [0.1, 0.15) is 0 Å². The summed E-state index contributed by atoms with van der Waals surface area (Å²) in [6.45, 7) is 1.31. The normalized spacial score (nSPS) is 32.2. The highest BCUT2D eigenvalue weighted by atomic mass is 16.5. The summed E-state index contributed by atoms with van der Waals surface area (Å²) in [5, 5.41) is 12.9. The second-order valence-corrected chi connectivity index (χ2v) is 6.39. The number of amides is 2. The van der Waals surface area contributed by atoms with E-state index in [0.717, 1.165) is 16.0 Å². The monoisotopic (exact) mass is 332 g/mol. The molecule has 1 aromatic carbocycles. The molecule has 4 atom stereocenters. The van der Waals surface area contributed by atoms with E-state index < -0.39 is 41.9 Å². The van der Waals surface area contributed by atoms with Gasteiger partial charge in [0.2, 0.25) is 11.8 Å². The lowest BCUT2D eigenvalue weighted by atomic mass is 9.79. The van der Waals surface area contributed by atoms with Crippen molar-refractivity contribution in [2.75, 3.05) is 20.8 Å². The van der Waals surface area contributed by atoms with Gasteiger partial charge in [-0.1, -0.05) is 29.8 Å². The molecule has 3 rings (SSSR count). The first-order valence-electron chi connectivity index (χ1n) is 7.72. The SMILES string of the molecule is COC(=O)C1(CO)NC(c2ccc(C)cc2)C2C(=O)N(C)C(=O)C21. The third-order valence-corrected chi connectivity index (χ3v) is 5.11. The Hall–Kier alpha value is -2.25. The molecule has 2 aliphatic heterocycles. The number of benzene rings is 1. The smallest absolute Gasteiger partial charge is 0.329 e. The van der Waals surface area contributed by atoms with Gasteiger partial charge < -0.3 is 9.84 Å². The molecule has 2 heterocycles. The van der Waals surface area contributed by atoms with Gasteiger partial charge in [-0.05, 0) is 12.5 Å². The summed E-state index contributed by atoms with van der Waals surface area (Å²) in [7, 11) is 2.59. The summed E-state index contributed by atoms with van der Waals surface area (Å²) in [6.07, 6.45) is 0. The number of nitrogens with zero attached hydrogens (tertiary/aromatic N) is 1. The van der Waals surface area contributed by atoms with E-state index in [1.807, 2.05) is 31.2 Å². The van der Waals surface area contributed by atoms with Crippen LogP contribution in [0.4, 0.5) is 0 Å². The molecule has 2 N–H and O–H groups in total. The van der Waals surface area contributed by atoms with Gasteiger partial charge in [0.25, 0.3) is 0 Å². The first kappa shape index (κ1) is 16.6. The highest BCUT2D eigenvalue weighted by molar-refractivity contribution is 6.09. The quantitative estimate of drug-likeness (QED) is 0.587. The van der Waals surface area contributed by atoms with Crippen LogP contribution in [-0.4, -0.2) is 54.1 Å². The summed E-state index contributed by atoms with van der Waals surface area (Å²) in [6, 6.07) is 6.95. The molecule has 0 bridgehead atoms. The molecule has 7 nitrogen and oxygen atoms in total. The number of rotatable bonds is 3. The van der Waals surface area contributed by atoms with Crippen LogP contribution in [0, 0.1) is 18.8 Å². The molecule has 2 amide bonds. The van der Waals surface area contributed by atoms with Gasteiger partial charge in [-0.15, -0.1) is 0 Å². The Balaban J connectivity index is 2.12. The number of hydrogen-bond acceptors (Lipinski definition) is 6. The van der Waals surface area contributed by atoms with Crippen LogP contribution in [0.25, 0.3) is 0 Å². The fourth-order valence-electron chi connectivity index (χ4n) is 3.79. The molecule has 4 unspecified atom stereocenters. The molecular weight excluding hydrogens is 312 g/mol. The standard InChI is InChI=1S/C17H20N2O5/c1-9-4-6-10(7-5-9)13-11-12(15(22)19(2)14(11)21)17(8-20,18-13)16(23)24-3/h4-7,11-13,18,20H,8H2,1-3H3. The van der Waals surface area contributed by atoms with Crippen molar-refractivity contribution in [3.63, 3.8) is 0 Å². The number of hydrogen-bond donors (Lipinski definition) is 2. The maximum Gasteiger partial charge on any atom is 0.329 e. The average molecular weight is 332 g/mol. The minimum atomic E-state index is -1.62. The van der Waals surface area contributed by atoms with E-state index in [4.69, 9.17) is 4.74 Å². The van der Waals surface area contributed by atoms with Crippen LogP contribution in [0.2, 0.25) is 0 Å². The lowest BCUT2D eigenvalue weighted by molar-refractivity contribution is -0.156. The number of aryl methyl sites for hydroxylation is 1. The van der Waals surface area contributed by atoms with Crippen LogP contribution < -0.4 is 5.32 Å². The molecule has 24 heavy (non-hydrogen) atoms. The summed E-state index contributed by atoms with van der Waals surface area (Å²) in [5.41, 5.74) is 0.221. The Morgan fingerprint density at radius 2 is 1.92 bits per heavy atom. The van der Waals surface area contributed by atoms with E-state index in [1.54, 1.807) is 0 Å². The van der Waals surface area contributed by atoms with Gasteiger partial charge in [-0.2, -0.15) is 0 Å². The number of carbonyl (C=O) groups excluding carboxylic acids is 3. The fourth-order valence-corrected chi connectivity index (χ4v) is 3.79. The van der Waals surface area contributed by atoms with Crippen molar-refractivity contribution in [3.05, 3.63) is 35.4 Å². The van der Waals surface area contributed by atoms with E-state index in [9.17, 15) is 19.5 Å². The number of likely N-dealkylation sites (tertiary alicyclic amines) is 1. The second-order valence-electron chi connectivity index (χ2n) is 6.39. The van der Waals surface area contributed by atoms with Gasteiger partial charge in [0, 0.05) is 13.1 Å². The maximum atomic E-state index is 12.6. The zero-order valence-corrected chi connectivity index (χ0v) is 13.8. The first-order valence-corrected chi connectivity index (χ1v) is 7.72. The molecule has 1 aromatic rings. The average Bonchev–Trinajstić information content (AvgIpc) is 3.05. The number of carbonyl (C=O) groups is 3. The number of aliphatic hydroxyl groups excluding tert-OH is 1. The summed E-state index contributed by atoms with van der Waals surface area (Å²) >= 11 is 0. The molecular formula is C17H20N2O5. The van der Waals surface area contributed by atoms with E-state index in [0.29, 0.717) is 0 Å². The zero-order chi connectivity index (χ0) is 17.6. The molecule has 0 radical (unpaired) electrons. The summed E-state index contributed by atoms with van der Waals surface area (Å²) in [5.74, 6) is -3.32. The Kier molecular flexibility index (Phi) is 3.93. The van der Waals surface area contributed by atoms with Crippen LogP contribution in [0.3, 0.4) is 0 Å². The highest BCUT2D eigenvalue weighted by Gasteiger charge is 2.68. The van der Waals surface area contributed by atoms with E-state index >= 15 is 0 Å². The van der Waals surface area contributed by atoms with Gasteiger partial charge in [0.15, 0.2) is 5.54 Å². The van der Waals surface area contributed by atoms with Crippen molar-refractivity contribution >= 4 is 17.8 Å². The number of imide groups is 1. The third kappa shape index (κ3) is 2.08. The number of methoxy groups -OCH3 is 1. The molecule has 2 fully saturated rings. The molecule has 0 saturated carbocycles. The van der Waals surface area contributed by atoms with Crippen molar-refractivity contribution in [2.24, 2.45) is 11.8 Å². The van der Waals surface area contributed by atoms with Crippen LogP contribution in [0.5, 0.6) is 0 Å². The Labute approximate surface area is 139 Å². The molecule has 2 saturated heterocycles. The van der Waals surface area contributed by atoms with Crippen LogP contribution in [0.15, 0.2) is 24.3 Å². The number of fused-ring (bicyclic) bond motifs is 1. The van der Waals surface area contributed by atoms with Crippen molar-refractivity contribution < 1.29 is 24.2 Å².